The Morgan fingerprint density at radius 3 is 2.72 bits per heavy atom. The lowest BCUT2D eigenvalue weighted by Gasteiger charge is -2.23. The van der Waals surface area contributed by atoms with Crippen LogP contribution in [-0.2, 0) is 11.3 Å². The Kier molecular flexibility index (Phi) is 5.63. The van der Waals surface area contributed by atoms with Gasteiger partial charge in [0.05, 0.1) is 5.41 Å². The number of hydrogen-bond donors (Lipinski definition) is 2. The molecular formula is C13H18BrClN2O. The molecule has 0 aliphatic carbocycles. The molecule has 0 aromatic heterocycles. The second kappa shape index (κ2) is 6.55. The van der Waals surface area contributed by atoms with Crippen molar-refractivity contribution in [3.05, 3.63) is 33.3 Å². The van der Waals surface area contributed by atoms with Gasteiger partial charge in [-0.2, -0.15) is 0 Å². The summed E-state index contributed by atoms with van der Waals surface area (Å²) in [7, 11) is 1.65. The van der Waals surface area contributed by atoms with Gasteiger partial charge in [-0.05, 0) is 37.6 Å². The van der Waals surface area contributed by atoms with Crippen LogP contribution in [0.25, 0.3) is 0 Å². The lowest BCUT2D eigenvalue weighted by atomic mass is 9.92. The van der Waals surface area contributed by atoms with E-state index >= 15 is 0 Å². The molecule has 100 valence electrons. The van der Waals surface area contributed by atoms with Crippen LogP contribution < -0.4 is 10.6 Å². The van der Waals surface area contributed by atoms with Crippen molar-refractivity contribution in [1.29, 1.82) is 0 Å². The fourth-order valence-corrected chi connectivity index (χ4v) is 2.19. The average molecular weight is 334 g/mol. The summed E-state index contributed by atoms with van der Waals surface area (Å²) >= 11 is 9.42. The average Bonchev–Trinajstić information content (AvgIpc) is 2.32. The first kappa shape index (κ1) is 15.5. The van der Waals surface area contributed by atoms with Crippen molar-refractivity contribution in [2.24, 2.45) is 5.41 Å². The molecule has 0 unspecified atom stereocenters. The summed E-state index contributed by atoms with van der Waals surface area (Å²) in [5, 5.41) is 6.65. The van der Waals surface area contributed by atoms with Gasteiger partial charge in [0.2, 0.25) is 5.91 Å². The molecule has 5 heteroatoms. The monoisotopic (exact) mass is 332 g/mol. The zero-order chi connectivity index (χ0) is 13.8. The van der Waals surface area contributed by atoms with Crippen LogP contribution in [0.3, 0.4) is 0 Å². The maximum atomic E-state index is 11.6. The van der Waals surface area contributed by atoms with Crippen LogP contribution in [-0.4, -0.2) is 19.5 Å². The van der Waals surface area contributed by atoms with Gasteiger partial charge in [-0.3, -0.25) is 4.79 Å². The number of rotatable bonds is 5. The number of halogens is 2. The summed E-state index contributed by atoms with van der Waals surface area (Å²) in [4.78, 5) is 11.6. The zero-order valence-electron chi connectivity index (χ0n) is 10.8. The van der Waals surface area contributed by atoms with Crippen LogP contribution in [0.4, 0.5) is 0 Å². The molecule has 2 N–H and O–H groups in total. The van der Waals surface area contributed by atoms with Gasteiger partial charge in [-0.25, -0.2) is 0 Å². The molecule has 0 atom stereocenters. The number of carbonyl (C=O) groups excluding carboxylic acids is 1. The number of carbonyl (C=O) groups is 1. The summed E-state index contributed by atoms with van der Waals surface area (Å²) in [6, 6.07) is 5.67. The molecule has 0 radical (unpaired) electrons. The Hall–Kier alpha value is -0.580. The molecule has 1 aromatic rings. The Labute approximate surface area is 121 Å². The molecule has 18 heavy (non-hydrogen) atoms. The molecule has 0 spiro atoms. The highest BCUT2D eigenvalue weighted by atomic mass is 79.9. The molecule has 0 heterocycles. The molecule has 1 aromatic carbocycles. The molecule has 0 saturated carbocycles. The minimum absolute atomic E-state index is 0.0279. The second-order valence-electron chi connectivity index (χ2n) is 4.80. The van der Waals surface area contributed by atoms with E-state index < -0.39 is 5.41 Å². The fourth-order valence-electron chi connectivity index (χ4n) is 1.61. The molecule has 1 rings (SSSR count). The quantitative estimate of drug-likeness (QED) is 0.870. The molecular weight excluding hydrogens is 316 g/mol. The number of hydrogen-bond acceptors (Lipinski definition) is 2. The highest BCUT2D eigenvalue weighted by Crippen LogP contribution is 2.21. The standard InChI is InChI=1S/C13H18BrClN2O/c1-13(2,12(18)16-3)8-17-7-9-6-10(15)4-5-11(9)14/h4-6,17H,7-8H2,1-3H3,(H,16,18). The van der Waals surface area contributed by atoms with Crippen molar-refractivity contribution < 1.29 is 4.79 Å². The van der Waals surface area contributed by atoms with E-state index in [1.165, 1.54) is 0 Å². The first-order chi connectivity index (χ1) is 8.36. The van der Waals surface area contributed by atoms with Gasteiger partial charge in [0.1, 0.15) is 0 Å². The van der Waals surface area contributed by atoms with E-state index in [2.05, 4.69) is 26.6 Å². The van der Waals surface area contributed by atoms with Crippen LogP contribution in [0.5, 0.6) is 0 Å². The SMILES string of the molecule is CNC(=O)C(C)(C)CNCc1cc(Cl)ccc1Br. The second-order valence-corrected chi connectivity index (χ2v) is 6.09. The van der Waals surface area contributed by atoms with Gasteiger partial charge in [-0.1, -0.05) is 27.5 Å². The van der Waals surface area contributed by atoms with Crippen LogP contribution in [0.15, 0.2) is 22.7 Å². The predicted molar refractivity (Wildman–Crippen MR) is 78.7 cm³/mol. The Bertz CT molecular complexity index is 435. The third-order valence-corrected chi connectivity index (χ3v) is 3.74. The molecule has 1 amide bonds. The number of amides is 1. The lowest BCUT2D eigenvalue weighted by molar-refractivity contribution is -0.128. The molecule has 3 nitrogen and oxygen atoms in total. The predicted octanol–water partition coefficient (Wildman–Crippen LogP) is 2.96. The summed E-state index contributed by atoms with van der Waals surface area (Å²) < 4.78 is 1.01. The van der Waals surface area contributed by atoms with Crippen LogP contribution in [0, 0.1) is 5.41 Å². The topological polar surface area (TPSA) is 41.1 Å². The third kappa shape index (κ3) is 4.26. The van der Waals surface area contributed by atoms with Gasteiger partial charge in [0.15, 0.2) is 0 Å². The van der Waals surface area contributed by atoms with Gasteiger partial charge in [-0.15, -0.1) is 0 Å². The minimum atomic E-state index is -0.431. The smallest absolute Gasteiger partial charge is 0.226 e. The molecule has 0 aliphatic heterocycles. The fraction of sp³-hybridized carbons (Fsp3) is 0.462. The Morgan fingerprint density at radius 1 is 1.44 bits per heavy atom. The summed E-state index contributed by atoms with van der Waals surface area (Å²) in [5.41, 5.74) is 0.648. The van der Waals surface area contributed by atoms with E-state index in [4.69, 9.17) is 11.6 Å². The molecule has 0 aliphatic rings. The van der Waals surface area contributed by atoms with Crippen LogP contribution in [0.1, 0.15) is 19.4 Å². The van der Waals surface area contributed by atoms with E-state index in [1.54, 1.807) is 7.05 Å². The number of nitrogens with one attached hydrogen (secondary N) is 2. The maximum absolute atomic E-state index is 11.6. The van der Waals surface area contributed by atoms with E-state index in [-0.39, 0.29) is 5.91 Å². The van der Waals surface area contributed by atoms with E-state index in [0.29, 0.717) is 18.1 Å². The summed E-state index contributed by atoms with van der Waals surface area (Å²) in [6.45, 7) is 5.09. The summed E-state index contributed by atoms with van der Waals surface area (Å²) in [6.07, 6.45) is 0. The van der Waals surface area contributed by atoms with Crippen LogP contribution >= 0.6 is 27.5 Å². The van der Waals surface area contributed by atoms with E-state index in [0.717, 1.165) is 10.0 Å². The van der Waals surface area contributed by atoms with Crippen molar-refractivity contribution in [3.63, 3.8) is 0 Å². The maximum Gasteiger partial charge on any atom is 0.226 e. The molecule has 0 fully saturated rings. The van der Waals surface area contributed by atoms with Gasteiger partial charge in [0, 0.05) is 29.6 Å². The van der Waals surface area contributed by atoms with Gasteiger partial charge < -0.3 is 10.6 Å². The van der Waals surface area contributed by atoms with Crippen LogP contribution in [0.2, 0.25) is 5.02 Å². The largest absolute Gasteiger partial charge is 0.359 e. The first-order valence-corrected chi connectivity index (χ1v) is 6.91. The van der Waals surface area contributed by atoms with E-state index in [1.807, 2.05) is 32.0 Å². The minimum Gasteiger partial charge on any atom is -0.359 e. The Balaban J connectivity index is 2.56. The van der Waals surface area contributed by atoms with Gasteiger partial charge >= 0.3 is 0 Å². The molecule has 0 bridgehead atoms. The first-order valence-electron chi connectivity index (χ1n) is 5.73. The van der Waals surface area contributed by atoms with Crippen molar-refractivity contribution in [3.8, 4) is 0 Å². The van der Waals surface area contributed by atoms with Gasteiger partial charge in [0.25, 0.3) is 0 Å². The summed E-state index contributed by atoms with van der Waals surface area (Å²) in [5.74, 6) is 0.0279. The van der Waals surface area contributed by atoms with Crippen molar-refractivity contribution in [2.75, 3.05) is 13.6 Å². The van der Waals surface area contributed by atoms with E-state index in [9.17, 15) is 4.79 Å². The third-order valence-electron chi connectivity index (χ3n) is 2.73. The highest BCUT2D eigenvalue weighted by molar-refractivity contribution is 9.10. The van der Waals surface area contributed by atoms with Crippen molar-refractivity contribution >= 4 is 33.4 Å². The normalized spacial score (nSPS) is 11.4. The van der Waals surface area contributed by atoms with Crippen molar-refractivity contribution in [2.45, 2.75) is 20.4 Å². The lowest BCUT2D eigenvalue weighted by Crippen LogP contribution is -2.41. The zero-order valence-corrected chi connectivity index (χ0v) is 13.2. The Morgan fingerprint density at radius 2 is 2.11 bits per heavy atom. The highest BCUT2D eigenvalue weighted by Gasteiger charge is 2.25. The van der Waals surface area contributed by atoms with Crippen molar-refractivity contribution in [1.82, 2.24) is 10.6 Å². The number of benzene rings is 1. The molecule has 0 saturated heterocycles.